The Balaban J connectivity index is 1.57. The first kappa shape index (κ1) is 26.4. The van der Waals surface area contributed by atoms with E-state index in [1.165, 1.54) is 13.8 Å². The Morgan fingerprint density at radius 2 is 1.92 bits per heavy atom. The molecule has 9 nitrogen and oxygen atoms in total. The predicted octanol–water partition coefficient (Wildman–Crippen LogP) is 4.21. The van der Waals surface area contributed by atoms with Crippen molar-refractivity contribution in [3.8, 4) is 17.1 Å². The highest BCUT2D eigenvalue weighted by molar-refractivity contribution is 5.67. The molecule has 38 heavy (non-hydrogen) atoms. The average molecular weight is 526 g/mol. The lowest BCUT2D eigenvalue weighted by Crippen LogP contribution is -2.66. The number of fused-ring (bicyclic) bond motifs is 4. The van der Waals surface area contributed by atoms with Crippen LogP contribution in [0.2, 0.25) is 0 Å². The van der Waals surface area contributed by atoms with Crippen LogP contribution in [0.4, 0.5) is 0 Å². The standard InChI is InChI=1S/C29H35NO8/c1-16(31)35-15-28(4)21-8-11-29(5)25(27(21,3)10-9-22(28)36-17(2)32)24(33)23-20(38-29)13-19(37-26(23)34)18-7-6-12-30-14-18/h6-7,12-14,21-22,24-25,33H,8-11,15H2,1-5H3/t21-,22+,24+,25-,27+,28+,29-/m1/s1. The Kier molecular flexibility index (Phi) is 6.41. The number of ether oxygens (including phenoxy) is 3. The molecular formula is C29H35NO8. The molecule has 1 aliphatic heterocycles. The van der Waals surface area contributed by atoms with Crippen LogP contribution in [0.5, 0.6) is 5.75 Å². The molecule has 0 aromatic carbocycles. The molecule has 2 aliphatic carbocycles. The van der Waals surface area contributed by atoms with Crippen LogP contribution in [0.1, 0.15) is 72.0 Å². The van der Waals surface area contributed by atoms with Gasteiger partial charge in [0.05, 0.1) is 6.10 Å². The lowest BCUT2D eigenvalue weighted by atomic mass is 9.43. The first-order valence-electron chi connectivity index (χ1n) is 13.1. The SMILES string of the molecule is CC(=O)OC[C@@]1(C)[C@@H]2CC[C@@]3(C)Oc4cc(-c5cccnc5)oc(=O)c4[C@H](O)[C@@H]3[C@@]2(C)CC[C@@H]1OC(C)=O. The summed E-state index contributed by atoms with van der Waals surface area (Å²) in [5.41, 5.74) is -1.83. The van der Waals surface area contributed by atoms with Gasteiger partial charge in [-0.1, -0.05) is 13.8 Å². The number of esters is 2. The zero-order valence-electron chi connectivity index (χ0n) is 22.5. The van der Waals surface area contributed by atoms with Crippen molar-refractivity contribution >= 4 is 11.9 Å². The van der Waals surface area contributed by atoms with E-state index >= 15 is 0 Å². The van der Waals surface area contributed by atoms with E-state index in [1.807, 2.05) is 13.8 Å². The number of carbonyl (C=O) groups excluding carboxylic acids is 2. The van der Waals surface area contributed by atoms with Crippen LogP contribution >= 0.6 is 0 Å². The molecule has 2 aromatic heterocycles. The highest BCUT2D eigenvalue weighted by Crippen LogP contribution is 2.67. The monoisotopic (exact) mass is 525 g/mol. The van der Waals surface area contributed by atoms with Crippen molar-refractivity contribution in [2.45, 2.75) is 78.1 Å². The van der Waals surface area contributed by atoms with Gasteiger partial charge in [-0.15, -0.1) is 0 Å². The number of aliphatic hydroxyl groups excluding tert-OH is 1. The summed E-state index contributed by atoms with van der Waals surface area (Å²) < 4.78 is 23.5. The number of hydrogen-bond acceptors (Lipinski definition) is 9. The van der Waals surface area contributed by atoms with Crippen LogP contribution in [0, 0.1) is 22.7 Å². The van der Waals surface area contributed by atoms with E-state index in [4.69, 9.17) is 18.6 Å². The summed E-state index contributed by atoms with van der Waals surface area (Å²) in [5.74, 6) is -0.658. The normalized spacial score (nSPS) is 35.6. The molecule has 1 N–H and O–H groups in total. The number of aromatic nitrogens is 1. The number of nitrogens with zero attached hydrogens (tertiary/aromatic N) is 1. The fourth-order valence-corrected chi connectivity index (χ4v) is 7.79. The molecule has 0 amide bonds. The molecule has 0 spiro atoms. The highest BCUT2D eigenvalue weighted by Gasteiger charge is 2.67. The van der Waals surface area contributed by atoms with Crippen LogP contribution in [0.3, 0.4) is 0 Å². The molecular weight excluding hydrogens is 490 g/mol. The predicted molar refractivity (Wildman–Crippen MR) is 136 cm³/mol. The van der Waals surface area contributed by atoms with Gasteiger partial charge in [0.25, 0.3) is 0 Å². The highest BCUT2D eigenvalue weighted by atomic mass is 16.6. The Labute approximate surface area is 221 Å². The Bertz CT molecular complexity index is 1310. The summed E-state index contributed by atoms with van der Waals surface area (Å²) >= 11 is 0. The smallest absolute Gasteiger partial charge is 0.345 e. The summed E-state index contributed by atoms with van der Waals surface area (Å²) in [6.45, 7) is 8.93. The molecule has 204 valence electrons. The Hall–Kier alpha value is -3.20. The van der Waals surface area contributed by atoms with Gasteiger partial charge in [0.15, 0.2) is 0 Å². The Morgan fingerprint density at radius 3 is 2.58 bits per heavy atom. The second-order valence-corrected chi connectivity index (χ2v) is 11.8. The maximum Gasteiger partial charge on any atom is 0.345 e. The van der Waals surface area contributed by atoms with Crippen molar-refractivity contribution in [1.29, 1.82) is 0 Å². The van der Waals surface area contributed by atoms with Gasteiger partial charge in [-0.2, -0.15) is 0 Å². The van der Waals surface area contributed by atoms with Crippen LogP contribution in [0.15, 0.2) is 39.8 Å². The third-order valence-corrected chi connectivity index (χ3v) is 9.32. The maximum absolute atomic E-state index is 13.2. The molecule has 0 bridgehead atoms. The first-order chi connectivity index (χ1) is 17.9. The number of pyridine rings is 1. The maximum atomic E-state index is 13.2. The molecule has 3 aliphatic rings. The van der Waals surface area contributed by atoms with Crippen LogP contribution in [-0.2, 0) is 19.1 Å². The second kappa shape index (κ2) is 9.22. The fourth-order valence-electron chi connectivity index (χ4n) is 7.79. The molecule has 0 radical (unpaired) electrons. The molecule has 3 heterocycles. The van der Waals surface area contributed by atoms with E-state index in [-0.39, 0.29) is 24.1 Å². The number of hydrogen-bond donors (Lipinski definition) is 1. The number of rotatable bonds is 4. The Morgan fingerprint density at radius 1 is 1.16 bits per heavy atom. The largest absolute Gasteiger partial charge is 0.486 e. The molecule has 9 heteroatoms. The third kappa shape index (κ3) is 4.11. The molecule has 2 fully saturated rings. The van der Waals surface area contributed by atoms with E-state index in [0.29, 0.717) is 42.8 Å². The molecule has 5 rings (SSSR count). The minimum atomic E-state index is -1.13. The molecule has 2 saturated carbocycles. The molecule has 0 saturated heterocycles. The molecule has 0 unspecified atom stereocenters. The first-order valence-corrected chi connectivity index (χ1v) is 13.1. The molecule has 2 aromatic rings. The quantitative estimate of drug-likeness (QED) is 0.584. The van der Waals surface area contributed by atoms with Crippen LogP contribution in [0.25, 0.3) is 11.3 Å². The van der Waals surface area contributed by atoms with E-state index in [9.17, 15) is 19.5 Å². The van der Waals surface area contributed by atoms with Crippen molar-refractivity contribution in [2.24, 2.45) is 22.7 Å². The topological polar surface area (TPSA) is 125 Å². The van der Waals surface area contributed by atoms with Crippen molar-refractivity contribution in [3.63, 3.8) is 0 Å². The van der Waals surface area contributed by atoms with Gasteiger partial charge in [-0.25, -0.2) is 4.79 Å². The summed E-state index contributed by atoms with van der Waals surface area (Å²) in [4.78, 5) is 41.1. The zero-order chi connectivity index (χ0) is 27.5. The van der Waals surface area contributed by atoms with Crippen molar-refractivity contribution in [3.05, 3.63) is 46.6 Å². The van der Waals surface area contributed by atoms with Gasteiger partial charge in [0.1, 0.15) is 35.4 Å². The van der Waals surface area contributed by atoms with Crippen molar-refractivity contribution in [2.75, 3.05) is 6.61 Å². The van der Waals surface area contributed by atoms with E-state index in [0.717, 1.165) is 0 Å². The van der Waals surface area contributed by atoms with Crippen molar-refractivity contribution in [1.82, 2.24) is 4.98 Å². The van der Waals surface area contributed by atoms with Crippen LogP contribution in [-0.4, -0.2) is 40.3 Å². The van der Waals surface area contributed by atoms with Gasteiger partial charge < -0.3 is 23.7 Å². The molecule has 7 atom stereocenters. The summed E-state index contributed by atoms with van der Waals surface area (Å²) in [7, 11) is 0. The minimum Gasteiger partial charge on any atom is -0.486 e. The van der Waals surface area contributed by atoms with E-state index in [1.54, 1.807) is 30.6 Å². The van der Waals surface area contributed by atoms with E-state index < -0.39 is 46.2 Å². The second-order valence-electron chi connectivity index (χ2n) is 11.8. The summed E-state index contributed by atoms with van der Waals surface area (Å²) in [6, 6.07) is 5.21. The lowest BCUT2D eigenvalue weighted by molar-refractivity contribution is -0.239. The number of aliphatic hydroxyl groups is 1. The van der Waals surface area contributed by atoms with Crippen LogP contribution < -0.4 is 10.4 Å². The summed E-state index contributed by atoms with van der Waals surface area (Å²) in [5, 5.41) is 11.8. The minimum absolute atomic E-state index is 0.0768. The third-order valence-electron chi connectivity index (χ3n) is 9.32. The van der Waals surface area contributed by atoms with Crippen molar-refractivity contribution < 1.29 is 33.3 Å². The zero-order valence-corrected chi connectivity index (χ0v) is 22.5. The van der Waals surface area contributed by atoms with Gasteiger partial charge >= 0.3 is 17.6 Å². The average Bonchev–Trinajstić information content (AvgIpc) is 2.84. The summed E-state index contributed by atoms with van der Waals surface area (Å²) in [6.07, 6.45) is 4.15. The van der Waals surface area contributed by atoms with Gasteiger partial charge in [0, 0.05) is 49.2 Å². The van der Waals surface area contributed by atoms with Gasteiger partial charge in [-0.05, 0) is 56.1 Å². The van der Waals surface area contributed by atoms with Gasteiger partial charge in [-0.3, -0.25) is 14.6 Å². The fraction of sp³-hybridized carbons (Fsp3) is 0.586. The van der Waals surface area contributed by atoms with Gasteiger partial charge in [0.2, 0.25) is 0 Å². The number of carbonyl (C=O) groups is 2. The lowest BCUT2D eigenvalue weighted by Gasteiger charge is -2.65. The van der Waals surface area contributed by atoms with E-state index in [2.05, 4.69) is 11.9 Å².